The molecule has 0 bridgehead atoms. The van der Waals surface area contributed by atoms with Crippen LogP contribution in [0.5, 0.6) is 5.75 Å². The summed E-state index contributed by atoms with van der Waals surface area (Å²) >= 11 is 6.33. The molecule has 0 unspecified atom stereocenters. The van der Waals surface area contributed by atoms with E-state index in [1.807, 2.05) is 0 Å². The molecule has 0 saturated heterocycles. The average molecular weight is 556 g/mol. The third-order valence-corrected chi connectivity index (χ3v) is 6.47. The number of carbonyl (C=O) groups is 3. The Kier molecular flexibility index (Phi) is 7.22. The van der Waals surface area contributed by atoms with Gasteiger partial charge in [-0.2, -0.15) is 10.1 Å². The Morgan fingerprint density at radius 3 is 2.62 bits per heavy atom. The molecule has 40 heavy (non-hydrogen) atoms. The molecule has 0 saturated carbocycles. The number of carboxylic acids is 1. The number of rotatable bonds is 7. The van der Waals surface area contributed by atoms with E-state index in [4.69, 9.17) is 20.8 Å². The van der Waals surface area contributed by atoms with Gasteiger partial charge in [0.25, 0.3) is 11.8 Å². The number of carboxylic acid groups (broad SMARTS) is 1. The van der Waals surface area contributed by atoms with Crippen LogP contribution in [0, 0.1) is 0 Å². The lowest BCUT2D eigenvalue weighted by atomic mass is 10.1. The molecule has 3 aromatic carbocycles. The van der Waals surface area contributed by atoms with Crippen LogP contribution in [-0.4, -0.2) is 35.7 Å². The fourth-order valence-electron chi connectivity index (χ4n) is 4.11. The second kappa shape index (κ2) is 10.9. The molecule has 1 aliphatic heterocycles. The molecule has 1 aliphatic rings. The van der Waals surface area contributed by atoms with Crippen molar-refractivity contribution in [2.45, 2.75) is 6.92 Å². The maximum Gasteiger partial charge on any atom is 0.335 e. The van der Waals surface area contributed by atoms with Crippen LogP contribution in [0.4, 0.5) is 11.4 Å². The number of carbonyl (C=O) groups excluding carboxylic acids is 2. The quantitative estimate of drug-likeness (QED) is 0.256. The van der Waals surface area contributed by atoms with Crippen molar-refractivity contribution in [1.29, 1.82) is 0 Å². The SMILES string of the molecule is COc1cccc(NC(=O)c2cc(-c3ccc(C=C4C(=O)N(c5cccc(C(=O)O)c5)N=C4C)o3)ccc2Cl)c1. The number of methoxy groups -OCH3 is 1. The van der Waals surface area contributed by atoms with Gasteiger partial charge in [-0.3, -0.25) is 9.59 Å². The predicted molar refractivity (Wildman–Crippen MR) is 152 cm³/mol. The van der Waals surface area contributed by atoms with Gasteiger partial charge in [0, 0.05) is 17.3 Å². The number of benzene rings is 3. The Hall–Kier alpha value is -5.15. The molecule has 2 amide bonds. The minimum Gasteiger partial charge on any atom is -0.497 e. The van der Waals surface area contributed by atoms with E-state index >= 15 is 0 Å². The van der Waals surface area contributed by atoms with E-state index in [-0.39, 0.29) is 16.1 Å². The Balaban J connectivity index is 1.37. The van der Waals surface area contributed by atoms with Crippen molar-refractivity contribution in [2.75, 3.05) is 17.4 Å². The molecule has 10 heteroatoms. The van der Waals surface area contributed by atoms with Crippen molar-refractivity contribution >= 4 is 52.5 Å². The molecular weight excluding hydrogens is 534 g/mol. The number of halogens is 1. The molecule has 0 spiro atoms. The number of anilines is 2. The van der Waals surface area contributed by atoms with Gasteiger partial charge in [-0.1, -0.05) is 23.7 Å². The van der Waals surface area contributed by atoms with Gasteiger partial charge in [-0.25, -0.2) is 4.79 Å². The van der Waals surface area contributed by atoms with Gasteiger partial charge < -0.3 is 19.6 Å². The van der Waals surface area contributed by atoms with Crippen LogP contribution in [0.25, 0.3) is 17.4 Å². The first-order valence-electron chi connectivity index (χ1n) is 12.0. The topological polar surface area (TPSA) is 121 Å². The van der Waals surface area contributed by atoms with Crippen molar-refractivity contribution in [2.24, 2.45) is 5.10 Å². The molecule has 5 rings (SSSR count). The number of amides is 2. The van der Waals surface area contributed by atoms with Crippen LogP contribution >= 0.6 is 11.6 Å². The smallest absolute Gasteiger partial charge is 0.335 e. The molecule has 9 nitrogen and oxygen atoms in total. The van der Waals surface area contributed by atoms with Crippen molar-refractivity contribution in [3.8, 4) is 17.1 Å². The number of nitrogens with zero attached hydrogens (tertiary/aromatic N) is 2. The summed E-state index contributed by atoms with van der Waals surface area (Å²) in [5.41, 5.74) is 2.56. The first-order chi connectivity index (χ1) is 19.2. The van der Waals surface area contributed by atoms with E-state index in [2.05, 4.69) is 10.4 Å². The highest BCUT2D eigenvalue weighted by Gasteiger charge is 2.29. The number of furan rings is 1. The highest BCUT2D eigenvalue weighted by Crippen LogP contribution is 2.30. The maximum absolute atomic E-state index is 13.1. The largest absolute Gasteiger partial charge is 0.497 e. The van der Waals surface area contributed by atoms with Crippen LogP contribution < -0.4 is 15.1 Å². The van der Waals surface area contributed by atoms with Crippen LogP contribution in [0.15, 0.2) is 94.0 Å². The van der Waals surface area contributed by atoms with Gasteiger partial charge in [0.05, 0.1) is 40.2 Å². The monoisotopic (exact) mass is 555 g/mol. The lowest BCUT2D eigenvalue weighted by Crippen LogP contribution is -2.21. The minimum absolute atomic E-state index is 0.0470. The fraction of sp³-hybridized carbons (Fsp3) is 0.0667. The van der Waals surface area contributed by atoms with Gasteiger partial charge in [0.15, 0.2) is 0 Å². The summed E-state index contributed by atoms with van der Waals surface area (Å²) in [6.45, 7) is 1.68. The van der Waals surface area contributed by atoms with Crippen molar-refractivity contribution in [1.82, 2.24) is 0 Å². The molecule has 200 valence electrons. The van der Waals surface area contributed by atoms with E-state index in [0.29, 0.717) is 45.5 Å². The lowest BCUT2D eigenvalue weighted by Gasteiger charge is -2.12. The van der Waals surface area contributed by atoms with Crippen LogP contribution in [0.2, 0.25) is 5.02 Å². The number of nitrogens with one attached hydrogen (secondary N) is 1. The number of hydrazone groups is 1. The number of ether oxygens (including phenoxy) is 1. The van der Waals surface area contributed by atoms with Gasteiger partial charge in [0.1, 0.15) is 17.3 Å². The van der Waals surface area contributed by atoms with Crippen molar-refractivity contribution < 1.29 is 28.6 Å². The zero-order chi connectivity index (χ0) is 28.4. The van der Waals surface area contributed by atoms with Gasteiger partial charge in [0.2, 0.25) is 0 Å². The Morgan fingerprint density at radius 1 is 1.05 bits per heavy atom. The second-order valence-electron chi connectivity index (χ2n) is 8.80. The summed E-state index contributed by atoms with van der Waals surface area (Å²) in [4.78, 5) is 37.4. The van der Waals surface area contributed by atoms with Crippen LogP contribution in [0.1, 0.15) is 33.4 Å². The Labute approximate surface area is 233 Å². The van der Waals surface area contributed by atoms with E-state index in [1.54, 1.807) is 86.8 Å². The molecule has 0 fully saturated rings. The first kappa shape index (κ1) is 26.5. The van der Waals surface area contributed by atoms with E-state index in [9.17, 15) is 19.5 Å². The van der Waals surface area contributed by atoms with Gasteiger partial charge in [-0.15, -0.1) is 0 Å². The summed E-state index contributed by atoms with van der Waals surface area (Å²) in [6, 6.07) is 21.3. The lowest BCUT2D eigenvalue weighted by molar-refractivity contribution is -0.114. The fourth-order valence-corrected chi connectivity index (χ4v) is 4.31. The van der Waals surface area contributed by atoms with E-state index in [1.165, 1.54) is 12.1 Å². The standard InChI is InChI=1S/C30H22ClN3O6/c1-17-24(29(36)34(33-17)21-7-3-5-19(13-21)30(37)38)16-23-10-12-27(40-23)18-9-11-26(31)25(14-18)28(35)32-20-6-4-8-22(15-20)39-2/h3-16H,1-2H3,(H,32,35)(H,37,38). The average Bonchev–Trinajstić information content (AvgIpc) is 3.53. The molecule has 4 aromatic rings. The maximum atomic E-state index is 13.1. The van der Waals surface area contributed by atoms with Crippen molar-refractivity contribution in [3.63, 3.8) is 0 Å². The predicted octanol–water partition coefficient (Wildman–Crippen LogP) is 6.37. The van der Waals surface area contributed by atoms with Gasteiger partial charge in [-0.05, 0) is 73.7 Å². The highest BCUT2D eigenvalue weighted by atomic mass is 35.5. The molecule has 2 N–H and O–H groups in total. The third-order valence-electron chi connectivity index (χ3n) is 6.14. The second-order valence-corrected chi connectivity index (χ2v) is 9.21. The summed E-state index contributed by atoms with van der Waals surface area (Å²) in [6.07, 6.45) is 1.57. The summed E-state index contributed by atoms with van der Waals surface area (Å²) in [5, 5.41) is 17.8. The molecule has 0 radical (unpaired) electrons. The molecule has 2 heterocycles. The molecular formula is C30H22ClN3O6. The summed E-state index contributed by atoms with van der Waals surface area (Å²) in [5.74, 6) is -0.453. The van der Waals surface area contributed by atoms with Gasteiger partial charge >= 0.3 is 5.97 Å². The number of hydrogen-bond acceptors (Lipinski definition) is 6. The highest BCUT2D eigenvalue weighted by molar-refractivity contribution is 6.34. The number of hydrogen-bond donors (Lipinski definition) is 2. The Morgan fingerprint density at radius 2 is 1.85 bits per heavy atom. The third kappa shape index (κ3) is 5.36. The van der Waals surface area contributed by atoms with Crippen molar-refractivity contribution in [3.05, 3.63) is 106 Å². The first-order valence-corrected chi connectivity index (χ1v) is 12.4. The summed E-state index contributed by atoms with van der Waals surface area (Å²) in [7, 11) is 1.54. The zero-order valence-electron chi connectivity index (χ0n) is 21.3. The molecule has 1 aromatic heterocycles. The normalized spacial score (nSPS) is 13.9. The zero-order valence-corrected chi connectivity index (χ0v) is 22.1. The summed E-state index contributed by atoms with van der Waals surface area (Å²) < 4.78 is 11.2. The molecule has 0 aliphatic carbocycles. The Bertz CT molecular complexity index is 1720. The van der Waals surface area contributed by atoms with E-state index in [0.717, 1.165) is 5.01 Å². The van der Waals surface area contributed by atoms with E-state index < -0.39 is 17.8 Å². The minimum atomic E-state index is -1.10. The number of aromatic carboxylic acids is 1. The molecule has 0 atom stereocenters. The van der Waals surface area contributed by atoms with Crippen LogP contribution in [-0.2, 0) is 4.79 Å². The van der Waals surface area contributed by atoms with Crippen LogP contribution in [0.3, 0.4) is 0 Å².